The second-order valence-corrected chi connectivity index (χ2v) is 8.25. The molecule has 0 aliphatic rings. The fraction of sp³-hybridized carbons (Fsp3) is 0.750. The number of carbonyl (C=O) groups is 5. The molecule has 0 aliphatic heterocycles. The minimum absolute atomic E-state index is 0.125. The van der Waals surface area contributed by atoms with E-state index in [9.17, 15) is 34.2 Å². The first-order valence-corrected chi connectivity index (χ1v) is 10.9. The van der Waals surface area contributed by atoms with E-state index < -0.39 is 59.9 Å². The van der Waals surface area contributed by atoms with Crippen molar-refractivity contribution in [3.63, 3.8) is 0 Å². The van der Waals surface area contributed by atoms with Gasteiger partial charge in [-0.05, 0) is 45.1 Å². The van der Waals surface area contributed by atoms with Crippen molar-refractivity contribution in [1.29, 1.82) is 0 Å². The van der Waals surface area contributed by atoms with Crippen molar-refractivity contribution in [1.82, 2.24) is 16.0 Å². The van der Waals surface area contributed by atoms with Crippen LogP contribution >= 0.6 is 0 Å². The van der Waals surface area contributed by atoms with E-state index in [4.69, 9.17) is 17.2 Å². The van der Waals surface area contributed by atoms with Crippen LogP contribution in [-0.2, 0) is 24.0 Å². The first-order chi connectivity index (χ1) is 15.3. The monoisotopic (exact) mass is 474 g/mol. The molecule has 0 spiro atoms. The lowest BCUT2D eigenvalue weighted by atomic mass is 10.0. The van der Waals surface area contributed by atoms with Crippen LogP contribution in [0.25, 0.3) is 0 Å². The number of nitrogens with one attached hydrogen (secondary N) is 3. The molecule has 190 valence electrons. The van der Waals surface area contributed by atoms with Gasteiger partial charge in [0.2, 0.25) is 23.6 Å². The highest BCUT2D eigenvalue weighted by molar-refractivity contribution is 5.94. The number of hydrogen-bond acceptors (Lipinski definition) is 8. The summed E-state index contributed by atoms with van der Waals surface area (Å²) in [5.41, 5.74) is 16.4. The van der Waals surface area contributed by atoms with Gasteiger partial charge in [0.1, 0.15) is 12.1 Å². The summed E-state index contributed by atoms with van der Waals surface area (Å²) in [5.74, 6) is -4.55. The first kappa shape index (κ1) is 30.2. The van der Waals surface area contributed by atoms with Gasteiger partial charge in [-0.15, -0.1) is 0 Å². The smallest absolute Gasteiger partial charge is 0.328 e. The van der Waals surface area contributed by atoms with Crippen LogP contribution in [0, 0.1) is 5.92 Å². The van der Waals surface area contributed by atoms with E-state index in [2.05, 4.69) is 16.0 Å². The maximum atomic E-state index is 12.9. The molecule has 0 aromatic carbocycles. The number of amides is 4. The molecule has 0 aromatic heterocycles. The number of carboxylic acids is 1. The molecule has 0 aromatic rings. The fourth-order valence-electron chi connectivity index (χ4n) is 2.80. The summed E-state index contributed by atoms with van der Waals surface area (Å²) in [6.07, 6.45) is -0.598. The molecule has 0 saturated carbocycles. The lowest BCUT2D eigenvalue weighted by molar-refractivity contribution is -0.145. The number of aliphatic hydroxyl groups is 1. The van der Waals surface area contributed by atoms with Crippen molar-refractivity contribution < 1.29 is 34.2 Å². The van der Waals surface area contributed by atoms with Crippen molar-refractivity contribution in [2.75, 3.05) is 6.54 Å². The number of rotatable bonds is 16. The van der Waals surface area contributed by atoms with Gasteiger partial charge in [0, 0.05) is 6.42 Å². The van der Waals surface area contributed by atoms with Gasteiger partial charge in [0.25, 0.3) is 0 Å². The van der Waals surface area contributed by atoms with Crippen LogP contribution in [0.5, 0.6) is 0 Å². The zero-order valence-corrected chi connectivity index (χ0v) is 19.4. The molecular weight excluding hydrogens is 436 g/mol. The van der Waals surface area contributed by atoms with Crippen LogP contribution in [0.3, 0.4) is 0 Å². The normalized spacial score (nSPS) is 15.6. The van der Waals surface area contributed by atoms with Gasteiger partial charge >= 0.3 is 5.97 Å². The average Bonchev–Trinajstić information content (AvgIpc) is 2.72. The number of aliphatic hydroxyl groups excluding tert-OH is 1. The van der Waals surface area contributed by atoms with Crippen LogP contribution in [0.4, 0.5) is 0 Å². The van der Waals surface area contributed by atoms with Gasteiger partial charge in [0.05, 0.1) is 12.1 Å². The predicted molar refractivity (Wildman–Crippen MR) is 119 cm³/mol. The Hall–Kier alpha value is -2.77. The molecular formula is C20H38N6O7. The van der Waals surface area contributed by atoms with E-state index in [1.807, 2.05) is 0 Å². The average molecular weight is 475 g/mol. The molecule has 11 N–H and O–H groups in total. The van der Waals surface area contributed by atoms with Crippen LogP contribution in [0.1, 0.15) is 52.9 Å². The Labute approximate surface area is 193 Å². The van der Waals surface area contributed by atoms with Gasteiger partial charge in [-0.1, -0.05) is 13.8 Å². The summed E-state index contributed by atoms with van der Waals surface area (Å²) in [5, 5.41) is 26.0. The standard InChI is InChI=1S/C20H38N6O7/c1-10(2)15(23)19(31)25-13(7-8-14(22)28)17(29)24-12(6-4-5-9-21)18(30)26-16(11(3)27)20(32)33/h10-13,15-16,27H,4-9,21,23H2,1-3H3,(H2,22,28)(H,24,29)(H,25,31)(H,26,30)(H,32,33). The van der Waals surface area contributed by atoms with Crippen LogP contribution in [-0.4, -0.2) is 76.6 Å². The number of unbranched alkanes of at least 4 members (excludes halogenated alkanes) is 1. The van der Waals surface area contributed by atoms with Gasteiger partial charge in [0.15, 0.2) is 6.04 Å². The topological polar surface area (TPSA) is 240 Å². The van der Waals surface area contributed by atoms with E-state index in [1.54, 1.807) is 13.8 Å². The molecule has 5 atom stereocenters. The molecule has 0 heterocycles. The highest BCUT2D eigenvalue weighted by Crippen LogP contribution is 2.07. The number of carboxylic acid groups (broad SMARTS) is 1. The lowest BCUT2D eigenvalue weighted by Crippen LogP contribution is -2.58. The molecule has 0 rings (SSSR count). The third-order valence-electron chi connectivity index (χ3n) is 4.96. The summed E-state index contributed by atoms with van der Waals surface area (Å²) in [4.78, 5) is 60.4. The number of aliphatic carboxylic acids is 1. The maximum absolute atomic E-state index is 12.9. The number of primary amides is 1. The van der Waals surface area contributed by atoms with Crippen LogP contribution in [0.15, 0.2) is 0 Å². The second kappa shape index (κ2) is 15.1. The third-order valence-corrected chi connectivity index (χ3v) is 4.96. The maximum Gasteiger partial charge on any atom is 0.328 e. The van der Waals surface area contributed by atoms with Crippen molar-refractivity contribution >= 4 is 29.6 Å². The van der Waals surface area contributed by atoms with Gasteiger partial charge in [-0.25, -0.2) is 4.79 Å². The Morgan fingerprint density at radius 2 is 1.36 bits per heavy atom. The molecule has 4 amide bonds. The zero-order chi connectivity index (χ0) is 25.7. The van der Waals surface area contributed by atoms with Crippen molar-refractivity contribution in [2.45, 2.75) is 83.1 Å². The Morgan fingerprint density at radius 1 is 0.848 bits per heavy atom. The summed E-state index contributed by atoms with van der Waals surface area (Å²) in [6, 6.07) is -4.86. The lowest BCUT2D eigenvalue weighted by Gasteiger charge is -2.26. The largest absolute Gasteiger partial charge is 0.480 e. The number of hydrogen-bond donors (Lipinski definition) is 8. The highest BCUT2D eigenvalue weighted by atomic mass is 16.4. The first-order valence-electron chi connectivity index (χ1n) is 10.9. The Kier molecular flexibility index (Phi) is 13.9. The molecule has 0 bridgehead atoms. The molecule has 0 aliphatic carbocycles. The van der Waals surface area contributed by atoms with Crippen LogP contribution in [0.2, 0.25) is 0 Å². The molecule has 0 radical (unpaired) electrons. The minimum atomic E-state index is -1.58. The summed E-state index contributed by atoms with van der Waals surface area (Å²) < 4.78 is 0. The van der Waals surface area contributed by atoms with E-state index >= 15 is 0 Å². The number of carbonyl (C=O) groups excluding carboxylic acids is 4. The molecule has 0 saturated heterocycles. The molecule has 33 heavy (non-hydrogen) atoms. The quantitative estimate of drug-likeness (QED) is 0.108. The summed E-state index contributed by atoms with van der Waals surface area (Å²) >= 11 is 0. The van der Waals surface area contributed by atoms with Gasteiger partial charge < -0.3 is 43.4 Å². The zero-order valence-electron chi connectivity index (χ0n) is 19.4. The Morgan fingerprint density at radius 3 is 1.82 bits per heavy atom. The van der Waals surface area contributed by atoms with Gasteiger partial charge in [-0.2, -0.15) is 0 Å². The fourth-order valence-corrected chi connectivity index (χ4v) is 2.80. The van der Waals surface area contributed by atoms with Crippen molar-refractivity contribution in [3.8, 4) is 0 Å². The Balaban J connectivity index is 5.57. The molecule has 13 heteroatoms. The van der Waals surface area contributed by atoms with Crippen molar-refractivity contribution in [3.05, 3.63) is 0 Å². The molecule has 13 nitrogen and oxygen atoms in total. The highest BCUT2D eigenvalue weighted by Gasteiger charge is 2.32. The van der Waals surface area contributed by atoms with E-state index in [1.165, 1.54) is 6.92 Å². The van der Waals surface area contributed by atoms with Crippen molar-refractivity contribution in [2.24, 2.45) is 23.1 Å². The number of nitrogens with two attached hydrogens (primary N) is 3. The summed E-state index contributed by atoms with van der Waals surface area (Å²) in [7, 11) is 0. The SMILES string of the molecule is CC(C)C(N)C(=O)NC(CCC(N)=O)C(=O)NC(CCCCN)C(=O)NC(C(=O)O)C(C)O. The minimum Gasteiger partial charge on any atom is -0.480 e. The second-order valence-electron chi connectivity index (χ2n) is 8.25. The van der Waals surface area contributed by atoms with E-state index in [0.717, 1.165) is 0 Å². The van der Waals surface area contributed by atoms with Crippen LogP contribution < -0.4 is 33.2 Å². The predicted octanol–water partition coefficient (Wildman–Crippen LogP) is -2.72. The summed E-state index contributed by atoms with van der Waals surface area (Å²) in [6.45, 7) is 5.00. The molecule has 5 unspecified atom stereocenters. The Bertz CT molecular complexity index is 686. The van der Waals surface area contributed by atoms with E-state index in [-0.39, 0.29) is 25.2 Å². The van der Waals surface area contributed by atoms with E-state index in [0.29, 0.717) is 19.4 Å². The third kappa shape index (κ3) is 11.6. The molecule has 0 fully saturated rings. The van der Waals surface area contributed by atoms with Gasteiger partial charge in [-0.3, -0.25) is 19.2 Å².